The summed E-state index contributed by atoms with van der Waals surface area (Å²) in [5.41, 5.74) is 1.61. The molecule has 7 heteroatoms. The molecule has 3 rings (SSSR count). The number of amides is 1. The molecule has 0 spiro atoms. The number of carbonyl (C=O) groups is 2. The van der Waals surface area contributed by atoms with E-state index in [4.69, 9.17) is 9.84 Å². The fraction of sp³-hybridized carbons (Fsp3) is 0.412. The van der Waals surface area contributed by atoms with Gasteiger partial charge in [-0.25, -0.2) is 4.98 Å². The minimum absolute atomic E-state index is 0.0288. The summed E-state index contributed by atoms with van der Waals surface area (Å²) in [5.74, 6) is -1.20. The van der Waals surface area contributed by atoms with Crippen LogP contribution in [0.15, 0.2) is 30.5 Å². The molecule has 126 valence electrons. The second-order valence-electron chi connectivity index (χ2n) is 5.73. The Morgan fingerprint density at radius 1 is 1.21 bits per heavy atom. The maximum Gasteiger partial charge on any atom is 0.305 e. The lowest BCUT2D eigenvalue weighted by atomic mass is 10.1. The van der Waals surface area contributed by atoms with Crippen LogP contribution in [0.2, 0.25) is 0 Å². The van der Waals surface area contributed by atoms with E-state index in [-0.39, 0.29) is 30.6 Å². The van der Waals surface area contributed by atoms with E-state index in [0.717, 1.165) is 5.52 Å². The maximum absolute atomic E-state index is 12.9. The summed E-state index contributed by atoms with van der Waals surface area (Å²) in [5, 5.41) is 8.96. The smallest absolute Gasteiger partial charge is 0.305 e. The van der Waals surface area contributed by atoms with Crippen molar-refractivity contribution in [2.24, 2.45) is 0 Å². The van der Waals surface area contributed by atoms with E-state index in [2.05, 4.69) is 9.97 Å². The molecule has 0 atom stereocenters. The van der Waals surface area contributed by atoms with Crippen molar-refractivity contribution in [3.05, 3.63) is 36.2 Å². The van der Waals surface area contributed by atoms with Crippen LogP contribution in [0.1, 0.15) is 29.8 Å². The summed E-state index contributed by atoms with van der Waals surface area (Å²) in [6.07, 6.45) is 2.76. The van der Waals surface area contributed by atoms with Gasteiger partial charge in [0, 0.05) is 25.8 Å². The van der Waals surface area contributed by atoms with E-state index < -0.39 is 5.97 Å². The highest BCUT2D eigenvalue weighted by Crippen LogP contribution is 2.18. The second kappa shape index (κ2) is 7.35. The third-order valence-corrected chi connectivity index (χ3v) is 4.13. The number of fused-ring (bicyclic) bond motifs is 1. The average molecular weight is 329 g/mol. The molecule has 2 aromatic rings. The number of nitrogens with zero attached hydrogens (tertiary/aromatic N) is 3. The van der Waals surface area contributed by atoms with Gasteiger partial charge in [0.1, 0.15) is 5.69 Å². The van der Waals surface area contributed by atoms with Crippen molar-refractivity contribution in [3.63, 3.8) is 0 Å². The van der Waals surface area contributed by atoms with Gasteiger partial charge in [-0.05, 0) is 25.0 Å². The molecule has 0 saturated carbocycles. The first-order valence-electron chi connectivity index (χ1n) is 7.97. The number of para-hydroxylation sites is 2. The third-order valence-electron chi connectivity index (χ3n) is 4.13. The fourth-order valence-electron chi connectivity index (χ4n) is 2.87. The predicted octanol–water partition coefficient (Wildman–Crippen LogP) is 1.73. The summed E-state index contributed by atoms with van der Waals surface area (Å²) in [6.45, 7) is 1.31. The van der Waals surface area contributed by atoms with Gasteiger partial charge >= 0.3 is 5.97 Å². The minimum Gasteiger partial charge on any atom is -0.481 e. The van der Waals surface area contributed by atoms with Crippen LogP contribution in [0.5, 0.6) is 0 Å². The summed E-state index contributed by atoms with van der Waals surface area (Å²) < 4.78 is 5.34. The highest BCUT2D eigenvalue weighted by atomic mass is 16.5. The summed E-state index contributed by atoms with van der Waals surface area (Å²) in [6, 6.07) is 7.30. The lowest BCUT2D eigenvalue weighted by Gasteiger charge is -2.33. The van der Waals surface area contributed by atoms with Crippen molar-refractivity contribution in [1.29, 1.82) is 0 Å². The number of aliphatic carboxylic acids is 1. The standard InChI is InChI=1S/C17H19N3O4/c21-16(22)5-8-20(12-6-9-24-10-7-12)17(23)15-11-18-13-3-1-2-4-14(13)19-15/h1-4,11-12H,5-10H2,(H,21,22). The Kier molecular flexibility index (Phi) is 5.00. The second-order valence-corrected chi connectivity index (χ2v) is 5.73. The van der Waals surface area contributed by atoms with E-state index in [0.29, 0.717) is 31.6 Å². The molecule has 1 aliphatic rings. The molecular formula is C17H19N3O4. The molecule has 0 radical (unpaired) electrons. The average Bonchev–Trinajstić information content (AvgIpc) is 2.62. The first kappa shape index (κ1) is 16.3. The lowest BCUT2D eigenvalue weighted by molar-refractivity contribution is -0.137. The first-order chi connectivity index (χ1) is 11.6. The monoisotopic (exact) mass is 329 g/mol. The molecule has 1 aromatic heterocycles. The Balaban J connectivity index is 1.86. The molecule has 0 bridgehead atoms. The lowest BCUT2D eigenvalue weighted by Crippen LogP contribution is -2.44. The minimum atomic E-state index is -0.926. The van der Waals surface area contributed by atoms with Gasteiger partial charge < -0.3 is 14.7 Å². The number of aromatic nitrogens is 2. The van der Waals surface area contributed by atoms with E-state index in [1.165, 1.54) is 6.20 Å². The van der Waals surface area contributed by atoms with Crippen LogP contribution in [-0.2, 0) is 9.53 Å². The number of carboxylic acid groups (broad SMARTS) is 1. The van der Waals surface area contributed by atoms with Crippen LogP contribution in [0, 0.1) is 0 Å². The number of hydrogen-bond donors (Lipinski definition) is 1. The normalized spacial score (nSPS) is 15.3. The number of carboxylic acids is 1. The van der Waals surface area contributed by atoms with Gasteiger partial charge in [0.2, 0.25) is 0 Å². The number of rotatable bonds is 5. The molecule has 1 aromatic carbocycles. The van der Waals surface area contributed by atoms with Crippen molar-refractivity contribution in [2.45, 2.75) is 25.3 Å². The van der Waals surface area contributed by atoms with Gasteiger partial charge in [0.15, 0.2) is 0 Å². The first-order valence-corrected chi connectivity index (χ1v) is 7.97. The van der Waals surface area contributed by atoms with Crippen LogP contribution in [-0.4, -0.2) is 57.7 Å². The zero-order chi connectivity index (χ0) is 16.9. The number of ether oxygens (including phenoxy) is 1. The highest BCUT2D eigenvalue weighted by molar-refractivity contribution is 5.94. The zero-order valence-electron chi connectivity index (χ0n) is 13.2. The Morgan fingerprint density at radius 3 is 2.62 bits per heavy atom. The summed E-state index contributed by atoms with van der Waals surface area (Å²) >= 11 is 0. The van der Waals surface area contributed by atoms with E-state index in [9.17, 15) is 9.59 Å². The quantitative estimate of drug-likeness (QED) is 0.898. The molecule has 7 nitrogen and oxygen atoms in total. The largest absolute Gasteiger partial charge is 0.481 e. The zero-order valence-corrected chi connectivity index (χ0v) is 13.2. The van der Waals surface area contributed by atoms with Gasteiger partial charge in [-0.15, -0.1) is 0 Å². The molecule has 24 heavy (non-hydrogen) atoms. The molecule has 1 saturated heterocycles. The van der Waals surface area contributed by atoms with Crippen molar-refractivity contribution in [2.75, 3.05) is 19.8 Å². The van der Waals surface area contributed by atoms with Crippen molar-refractivity contribution in [3.8, 4) is 0 Å². The molecule has 0 unspecified atom stereocenters. The van der Waals surface area contributed by atoms with Crippen LogP contribution in [0.3, 0.4) is 0 Å². The Morgan fingerprint density at radius 2 is 1.92 bits per heavy atom. The summed E-state index contributed by atoms with van der Waals surface area (Å²) in [7, 11) is 0. The topological polar surface area (TPSA) is 92.6 Å². The molecule has 1 amide bonds. The van der Waals surface area contributed by atoms with Gasteiger partial charge in [-0.3, -0.25) is 14.6 Å². The van der Waals surface area contributed by atoms with Crippen molar-refractivity contribution in [1.82, 2.24) is 14.9 Å². The Hall–Kier alpha value is -2.54. The van der Waals surface area contributed by atoms with Crippen LogP contribution >= 0.6 is 0 Å². The van der Waals surface area contributed by atoms with Crippen LogP contribution < -0.4 is 0 Å². The van der Waals surface area contributed by atoms with E-state index >= 15 is 0 Å². The molecule has 2 heterocycles. The van der Waals surface area contributed by atoms with Gasteiger partial charge in [-0.1, -0.05) is 12.1 Å². The predicted molar refractivity (Wildman–Crippen MR) is 86.7 cm³/mol. The van der Waals surface area contributed by atoms with Crippen molar-refractivity contribution < 1.29 is 19.4 Å². The number of benzene rings is 1. The van der Waals surface area contributed by atoms with Gasteiger partial charge in [-0.2, -0.15) is 0 Å². The fourth-order valence-corrected chi connectivity index (χ4v) is 2.87. The maximum atomic E-state index is 12.9. The van der Waals surface area contributed by atoms with Crippen molar-refractivity contribution >= 4 is 22.9 Å². The van der Waals surface area contributed by atoms with Crippen LogP contribution in [0.25, 0.3) is 11.0 Å². The third kappa shape index (κ3) is 3.68. The number of carbonyl (C=O) groups excluding carboxylic acids is 1. The Labute approximate surface area is 139 Å². The molecule has 1 N–H and O–H groups in total. The molecule has 1 fully saturated rings. The molecular weight excluding hydrogens is 310 g/mol. The SMILES string of the molecule is O=C(O)CCN(C(=O)c1cnc2ccccc2n1)C1CCOCC1. The molecule has 1 aliphatic heterocycles. The summed E-state index contributed by atoms with van der Waals surface area (Å²) in [4.78, 5) is 34.1. The Bertz CT molecular complexity index is 743. The number of hydrogen-bond acceptors (Lipinski definition) is 5. The van der Waals surface area contributed by atoms with E-state index in [1.807, 2.05) is 18.2 Å². The van der Waals surface area contributed by atoms with Crippen LogP contribution in [0.4, 0.5) is 0 Å². The molecule has 0 aliphatic carbocycles. The van der Waals surface area contributed by atoms with Gasteiger partial charge in [0.25, 0.3) is 5.91 Å². The van der Waals surface area contributed by atoms with E-state index in [1.54, 1.807) is 11.0 Å². The highest BCUT2D eigenvalue weighted by Gasteiger charge is 2.28. The van der Waals surface area contributed by atoms with Gasteiger partial charge in [0.05, 0.1) is 23.7 Å².